The molecule has 122 valence electrons. The van der Waals surface area contributed by atoms with E-state index in [9.17, 15) is 0 Å². The molecule has 4 nitrogen and oxygen atoms in total. The van der Waals surface area contributed by atoms with Crippen molar-refractivity contribution in [3.05, 3.63) is 58.7 Å². The second kappa shape index (κ2) is 6.32. The Morgan fingerprint density at radius 3 is 2.71 bits per heavy atom. The van der Waals surface area contributed by atoms with Gasteiger partial charge in [-0.25, -0.2) is 0 Å². The van der Waals surface area contributed by atoms with Gasteiger partial charge in [-0.1, -0.05) is 41.1 Å². The van der Waals surface area contributed by atoms with Crippen molar-refractivity contribution in [1.29, 1.82) is 0 Å². The smallest absolute Gasteiger partial charge is 0.277 e. The molecule has 0 bridgehead atoms. The Hall–Kier alpha value is -2.27. The molecule has 3 aromatic rings. The van der Waals surface area contributed by atoms with E-state index in [1.54, 1.807) is 11.8 Å². The standard InChI is InChI=1S/C19H18N2O2S/c1-12-7-13(2)9-14(8-12)11-24-19-21-20-18(23-19)16-3-4-17-15(10-16)5-6-22-17/h3-4,7-10H,5-6,11H2,1-2H3. The summed E-state index contributed by atoms with van der Waals surface area (Å²) in [5.41, 5.74) is 5.97. The fourth-order valence-electron chi connectivity index (χ4n) is 3.00. The molecule has 1 aliphatic heterocycles. The van der Waals surface area contributed by atoms with Crippen molar-refractivity contribution in [2.45, 2.75) is 31.2 Å². The SMILES string of the molecule is Cc1cc(C)cc(CSc2nnc(-c3ccc4c(c3)CCO4)o2)c1. The first kappa shape index (κ1) is 15.3. The summed E-state index contributed by atoms with van der Waals surface area (Å²) < 4.78 is 11.3. The molecule has 1 aromatic heterocycles. The van der Waals surface area contributed by atoms with Crippen molar-refractivity contribution < 1.29 is 9.15 Å². The molecular formula is C19H18N2O2S. The zero-order chi connectivity index (χ0) is 16.5. The number of nitrogens with zero attached hydrogens (tertiary/aromatic N) is 2. The molecule has 0 atom stereocenters. The van der Waals surface area contributed by atoms with E-state index in [0.717, 1.165) is 30.1 Å². The van der Waals surface area contributed by atoms with E-state index in [4.69, 9.17) is 9.15 Å². The summed E-state index contributed by atoms with van der Waals surface area (Å²) >= 11 is 1.57. The molecule has 0 spiro atoms. The van der Waals surface area contributed by atoms with Crippen LogP contribution in [0.25, 0.3) is 11.5 Å². The van der Waals surface area contributed by atoms with Crippen LogP contribution in [0.1, 0.15) is 22.3 Å². The minimum atomic E-state index is 0.563. The molecule has 4 rings (SSSR count). The predicted octanol–water partition coefficient (Wildman–Crippen LogP) is 4.58. The maximum atomic E-state index is 5.81. The van der Waals surface area contributed by atoms with Crippen molar-refractivity contribution in [1.82, 2.24) is 10.2 Å². The average molecular weight is 338 g/mol. The number of thioether (sulfide) groups is 1. The van der Waals surface area contributed by atoms with Crippen LogP contribution in [-0.2, 0) is 12.2 Å². The van der Waals surface area contributed by atoms with Crippen LogP contribution in [0.4, 0.5) is 0 Å². The highest BCUT2D eigenvalue weighted by Gasteiger charge is 2.15. The zero-order valence-electron chi connectivity index (χ0n) is 13.7. The molecule has 0 unspecified atom stereocenters. The predicted molar refractivity (Wildman–Crippen MR) is 94.4 cm³/mol. The fraction of sp³-hybridized carbons (Fsp3) is 0.263. The second-order valence-corrected chi connectivity index (χ2v) is 7.01. The second-order valence-electron chi connectivity index (χ2n) is 6.08. The fourth-order valence-corrected chi connectivity index (χ4v) is 3.69. The minimum absolute atomic E-state index is 0.563. The Kier molecular flexibility index (Phi) is 4.02. The Balaban J connectivity index is 1.48. The van der Waals surface area contributed by atoms with Gasteiger partial charge in [-0.15, -0.1) is 10.2 Å². The number of aryl methyl sites for hydroxylation is 2. The van der Waals surface area contributed by atoms with Gasteiger partial charge >= 0.3 is 0 Å². The lowest BCUT2D eigenvalue weighted by Crippen LogP contribution is -1.85. The van der Waals surface area contributed by atoms with Gasteiger partial charge in [0.05, 0.1) is 6.61 Å². The van der Waals surface area contributed by atoms with E-state index in [1.165, 1.54) is 22.3 Å². The normalized spacial score (nSPS) is 12.9. The van der Waals surface area contributed by atoms with Gasteiger partial charge in [-0.3, -0.25) is 0 Å². The summed E-state index contributed by atoms with van der Waals surface area (Å²) in [4.78, 5) is 0. The van der Waals surface area contributed by atoms with E-state index in [-0.39, 0.29) is 0 Å². The maximum Gasteiger partial charge on any atom is 0.277 e. The van der Waals surface area contributed by atoms with Crippen LogP contribution >= 0.6 is 11.8 Å². The average Bonchev–Trinajstić information content (AvgIpc) is 3.20. The lowest BCUT2D eigenvalue weighted by atomic mass is 10.1. The minimum Gasteiger partial charge on any atom is -0.493 e. The number of aromatic nitrogens is 2. The number of ether oxygens (including phenoxy) is 1. The van der Waals surface area contributed by atoms with Gasteiger partial charge in [0.15, 0.2) is 0 Å². The largest absolute Gasteiger partial charge is 0.493 e. The zero-order valence-corrected chi connectivity index (χ0v) is 14.5. The summed E-state index contributed by atoms with van der Waals surface area (Å²) in [7, 11) is 0. The number of benzene rings is 2. The summed E-state index contributed by atoms with van der Waals surface area (Å²) in [6.07, 6.45) is 0.936. The van der Waals surface area contributed by atoms with Crippen molar-refractivity contribution in [3.8, 4) is 17.2 Å². The summed E-state index contributed by atoms with van der Waals surface area (Å²) in [5, 5.41) is 8.94. The van der Waals surface area contributed by atoms with E-state index in [0.29, 0.717) is 11.1 Å². The van der Waals surface area contributed by atoms with Crippen molar-refractivity contribution in [2.24, 2.45) is 0 Å². The van der Waals surface area contributed by atoms with E-state index >= 15 is 0 Å². The molecule has 0 N–H and O–H groups in total. The first-order valence-electron chi connectivity index (χ1n) is 7.97. The Morgan fingerprint density at radius 2 is 1.88 bits per heavy atom. The monoisotopic (exact) mass is 338 g/mol. The van der Waals surface area contributed by atoms with Gasteiger partial charge in [0, 0.05) is 17.7 Å². The summed E-state index contributed by atoms with van der Waals surface area (Å²) in [6.45, 7) is 4.98. The van der Waals surface area contributed by atoms with Gasteiger partial charge in [0.1, 0.15) is 5.75 Å². The molecule has 0 fully saturated rings. The molecular weight excluding hydrogens is 320 g/mol. The molecule has 0 aliphatic carbocycles. The topological polar surface area (TPSA) is 48.2 Å². The van der Waals surface area contributed by atoms with E-state index in [2.05, 4.69) is 48.3 Å². The van der Waals surface area contributed by atoms with Crippen LogP contribution in [0, 0.1) is 13.8 Å². The first-order valence-corrected chi connectivity index (χ1v) is 8.95. The third-order valence-electron chi connectivity index (χ3n) is 3.99. The maximum absolute atomic E-state index is 5.81. The molecule has 0 saturated carbocycles. The quantitative estimate of drug-likeness (QED) is 0.652. The molecule has 0 radical (unpaired) electrons. The number of hydrogen-bond donors (Lipinski definition) is 0. The van der Waals surface area contributed by atoms with Crippen LogP contribution in [0.15, 0.2) is 46.0 Å². The van der Waals surface area contributed by atoms with E-state index < -0.39 is 0 Å². The highest BCUT2D eigenvalue weighted by Crippen LogP contribution is 2.31. The summed E-state index contributed by atoms with van der Waals surface area (Å²) in [5.74, 6) is 2.35. The highest BCUT2D eigenvalue weighted by molar-refractivity contribution is 7.98. The van der Waals surface area contributed by atoms with Gasteiger partial charge in [0.2, 0.25) is 5.89 Å². The first-order chi connectivity index (χ1) is 11.7. The summed E-state index contributed by atoms with van der Waals surface area (Å²) in [6, 6.07) is 12.6. The van der Waals surface area contributed by atoms with Crippen LogP contribution in [0.2, 0.25) is 0 Å². The van der Waals surface area contributed by atoms with Crippen LogP contribution in [0.5, 0.6) is 5.75 Å². The van der Waals surface area contributed by atoms with Gasteiger partial charge < -0.3 is 9.15 Å². The van der Waals surface area contributed by atoms with E-state index in [1.807, 2.05) is 12.1 Å². The molecule has 2 heterocycles. The molecule has 24 heavy (non-hydrogen) atoms. The molecule has 2 aromatic carbocycles. The van der Waals surface area contributed by atoms with Crippen molar-refractivity contribution in [3.63, 3.8) is 0 Å². The lowest BCUT2D eigenvalue weighted by Gasteiger charge is -2.03. The third kappa shape index (κ3) is 3.17. The van der Waals surface area contributed by atoms with Crippen LogP contribution in [0.3, 0.4) is 0 Å². The number of hydrogen-bond acceptors (Lipinski definition) is 5. The van der Waals surface area contributed by atoms with Gasteiger partial charge in [-0.05, 0) is 43.2 Å². The Morgan fingerprint density at radius 1 is 1.04 bits per heavy atom. The Labute approximate surface area is 145 Å². The van der Waals surface area contributed by atoms with Crippen LogP contribution < -0.4 is 4.74 Å². The lowest BCUT2D eigenvalue weighted by molar-refractivity contribution is 0.357. The molecule has 1 aliphatic rings. The Bertz CT molecular complexity index is 869. The van der Waals surface area contributed by atoms with Crippen molar-refractivity contribution in [2.75, 3.05) is 6.61 Å². The number of fused-ring (bicyclic) bond motifs is 1. The third-order valence-corrected chi connectivity index (χ3v) is 4.88. The van der Waals surface area contributed by atoms with Crippen molar-refractivity contribution >= 4 is 11.8 Å². The molecule has 0 amide bonds. The highest BCUT2D eigenvalue weighted by atomic mass is 32.2. The van der Waals surface area contributed by atoms with Gasteiger partial charge in [-0.2, -0.15) is 0 Å². The van der Waals surface area contributed by atoms with Gasteiger partial charge in [0.25, 0.3) is 5.22 Å². The molecule has 0 saturated heterocycles. The molecule has 5 heteroatoms. The van der Waals surface area contributed by atoms with Crippen LogP contribution in [-0.4, -0.2) is 16.8 Å². The number of rotatable bonds is 4.